The van der Waals surface area contributed by atoms with Crippen LogP contribution in [0.1, 0.15) is 5.56 Å². The van der Waals surface area contributed by atoms with Gasteiger partial charge in [-0.25, -0.2) is 0 Å². The van der Waals surface area contributed by atoms with Gasteiger partial charge in [-0.2, -0.15) is 0 Å². The van der Waals surface area contributed by atoms with E-state index in [0.717, 1.165) is 11.8 Å². The highest BCUT2D eigenvalue weighted by atomic mass is 79.9. The van der Waals surface area contributed by atoms with Crippen LogP contribution in [-0.4, -0.2) is 7.28 Å². The molecule has 0 fully saturated rings. The van der Waals surface area contributed by atoms with Crippen molar-refractivity contribution in [2.75, 3.05) is 0 Å². The van der Waals surface area contributed by atoms with Gasteiger partial charge in [-0.15, -0.1) is 0 Å². The molecule has 0 radical (unpaired) electrons. The van der Waals surface area contributed by atoms with Crippen molar-refractivity contribution in [2.45, 2.75) is 0 Å². The van der Waals surface area contributed by atoms with Crippen LogP contribution in [0.2, 0.25) is 0 Å². The maximum Gasteiger partial charge on any atom is 0.191 e. The highest BCUT2D eigenvalue weighted by molar-refractivity contribution is 9.10. The Balaban J connectivity index is 2.30. The van der Waals surface area contributed by atoms with Gasteiger partial charge < -0.3 is 4.74 Å². The van der Waals surface area contributed by atoms with Crippen LogP contribution in [0.5, 0.6) is 0 Å². The van der Waals surface area contributed by atoms with Gasteiger partial charge in [0.2, 0.25) is 0 Å². The molecule has 0 saturated heterocycles. The lowest BCUT2D eigenvalue weighted by Crippen LogP contribution is -1.97. The summed E-state index contributed by atoms with van der Waals surface area (Å²) in [5.74, 6) is 2.01. The summed E-state index contributed by atoms with van der Waals surface area (Å²) in [6, 6.07) is 8.22. The summed E-state index contributed by atoms with van der Waals surface area (Å²) in [6.07, 6.45) is 3.50. The lowest BCUT2D eigenvalue weighted by molar-refractivity contribution is 0.405. The van der Waals surface area contributed by atoms with Crippen molar-refractivity contribution in [3.8, 4) is 0 Å². The van der Waals surface area contributed by atoms with E-state index in [-0.39, 0.29) is 0 Å². The highest BCUT2D eigenvalue weighted by Gasteiger charge is 2.04. The SMILES string of the molecule is Brc1cccc(C2=COC=CB2)c1. The Morgan fingerprint density at radius 1 is 1.31 bits per heavy atom. The number of halogens is 1. The van der Waals surface area contributed by atoms with Gasteiger partial charge in [0.1, 0.15) is 0 Å². The van der Waals surface area contributed by atoms with Crippen molar-refractivity contribution in [1.29, 1.82) is 0 Å². The summed E-state index contributed by atoms with van der Waals surface area (Å²) in [5.41, 5.74) is 2.42. The molecule has 13 heavy (non-hydrogen) atoms. The van der Waals surface area contributed by atoms with Crippen molar-refractivity contribution >= 4 is 28.7 Å². The van der Waals surface area contributed by atoms with Crippen molar-refractivity contribution < 1.29 is 4.74 Å². The van der Waals surface area contributed by atoms with Crippen LogP contribution < -0.4 is 0 Å². The monoisotopic (exact) mass is 234 g/mol. The zero-order valence-electron chi connectivity index (χ0n) is 7.03. The van der Waals surface area contributed by atoms with Gasteiger partial charge in [0.05, 0.1) is 12.5 Å². The van der Waals surface area contributed by atoms with Crippen molar-refractivity contribution in [3.63, 3.8) is 0 Å². The molecule has 0 amide bonds. The van der Waals surface area contributed by atoms with E-state index in [2.05, 4.69) is 28.1 Å². The molecule has 1 aromatic carbocycles. The largest absolute Gasteiger partial charge is 0.474 e. The van der Waals surface area contributed by atoms with E-state index in [0.29, 0.717) is 0 Å². The van der Waals surface area contributed by atoms with Gasteiger partial charge in [-0.1, -0.05) is 34.0 Å². The van der Waals surface area contributed by atoms with Gasteiger partial charge in [-0.3, -0.25) is 0 Å². The summed E-state index contributed by atoms with van der Waals surface area (Å²) in [6.45, 7) is 0. The molecular weight excluding hydrogens is 227 g/mol. The zero-order chi connectivity index (χ0) is 9.10. The van der Waals surface area contributed by atoms with Crippen LogP contribution >= 0.6 is 15.9 Å². The molecule has 0 aromatic heterocycles. The van der Waals surface area contributed by atoms with E-state index in [4.69, 9.17) is 4.74 Å². The van der Waals surface area contributed by atoms with Crippen molar-refractivity contribution in [1.82, 2.24) is 0 Å². The van der Waals surface area contributed by atoms with Crippen LogP contribution in [0.4, 0.5) is 0 Å². The second-order valence-electron chi connectivity index (χ2n) is 2.87. The molecule has 1 aliphatic heterocycles. The van der Waals surface area contributed by atoms with Gasteiger partial charge in [0, 0.05) is 4.47 Å². The van der Waals surface area contributed by atoms with E-state index in [1.165, 1.54) is 11.0 Å². The summed E-state index contributed by atoms with van der Waals surface area (Å²) >= 11 is 3.44. The van der Waals surface area contributed by atoms with E-state index in [1.54, 1.807) is 12.5 Å². The minimum absolute atomic E-state index is 0.941. The standard InChI is InChI=1S/C10H8BBrO/c12-9-3-1-2-8(6-9)10-7-13-5-4-11-10/h1-7,11H. The van der Waals surface area contributed by atoms with Crippen LogP contribution in [-0.2, 0) is 4.74 Å². The summed E-state index contributed by atoms with van der Waals surface area (Å²) < 4.78 is 6.22. The van der Waals surface area contributed by atoms with Crippen LogP contribution in [0.3, 0.4) is 0 Å². The number of rotatable bonds is 1. The van der Waals surface area contributed by atoms with Gasteiger partial charge in [-0.05, 0) is 23.2 Å². The number of benzene rings is 1. The second kappa shape index (κ2) is 3.84. The predicted molar refractivity (Wildman–Crippen MR) is 59.5 cm³/mol. The Labute approximate surface area is 86.5 Å². The quantitative estimate of drug-likeness (QED) is 0.680. The number of hydrogen-bond donors (Lipinski definition) is 0. The second-order valence-corrected chi connectivity index (χ2v) is 3.78. The molecular formula is C10H8BBrO. The van der Waals surface area contributed by atoms with Crippen LogP contribution in [0, 0.1) is 0 Å². The third-order valence-electron chi connectivity index (χ3n) is 1.92. The fourth-order valence-corrected chi connectivity index (χ4v) is 1.67. The first-order chi connectivity index (χ1) is 6.36. The average molecular weight is 235 g/mol. The van der Waals surface area contributed by atoms with Crippen LogP contribution in [0.25, 0.3) is 5.47 Å². The molecule has 0 aliphatic carbocycles. The zero-order valence-corrected chi connectivity index (χ0v) is 8.62. The van der Waals surface area contributed by atoms with Gasteiger partial charge in [0.15, 0.2) is 7.28 Å². The maximum absolute atomic E-state index is 5.12. The Morgan fingerprint density at radius 3 is 2.92 bits per heavy atom. The van der Waals surface area contributed by atoms with E-state index in [1.807, 2.05) is 18.1 Å². The van der Waals surface area contributed by atoms with Gasteiger partial charge >= 0.3 is 0 Å². The first-order valence-corrected chi connectivity index (χ1v) is 4.91. The summed E-state index contributed by atoms with van der Waals surface area (Å²) in [5, 5.41) is 0. The van der Waals surface area contributed by atoms with Crippen LogP contribution in [0.15, 0.2) is 47.2 Å². The molecule has 64 valence electrons. The van der Waals surface area contributed by atoms with E-state index in [9.17, 15) is 0 Å². The predicted octanol–water partition coefficient (Wildman–Crippen LogP) is 2.69. The van der Waals surface area contributed by atoms with Crippen molar-refractivity contribution in [3.05, 3.63) is 52.8 Å². The fourth-order valence-electron chi connectivity index (χ4n) is 1.27. The number of ether oxygens (including phenoxy) is 1. The smallest absolute Gasteiger partial charge is 0.191 e. The minimum atomic E-state index is 0.941. The molecule has 0 atom stereocenters. The molecule has 3 heteroatoms. The Kier molecular flexibility index (Phi) is 2.55. The lowest BCUT2D eigenvalue weighted by atomic mass is 9.67. The molecule has 0 bridgehead atoms. The van der Waals surface area contributed by atoms with Gasteiger partial charge in [0.25, 0.3) is 0 Å². The Morgan fingerprint density at radius 2 is 2.23 bits per heavy atom. The molecule has 0 saturated carbocycles. The molecule has 1 aromatic rings. The first kappa shape index (κ1) is 8.63. The van der Waals surface area contributed by atoms with E-state index >= 15 is 0 Å². The van der Waals surface area contributed by atoms with E-state index < -0.39 is 0 Å². The molecule has 2 rings (SSSR count). The normalized spacial score (nSPS) is 14.4. The molecule has 1 heterocycles. The third-order valence-corrected chi connectivity index (χ3v) is 2.41. The first-order valence-electron chi connectivity index (χ1n) is 4.12. The number of hydrogen-bond acceptors (Lipinski definition) is 1. The Hall–Kier alpha value is -0.955. The highest BCUT2D eigenvalue weighted by Crippen LogP contribution is 2.20. The molecule has 1 nitrogen and oxygen atoms in total. The molecule has 0 N–H and O–H groups in total. The maximum atomic E-state index is 5.12. The fraction of sp³-hybridized carbons (Fsp3) is 0. The third kappa shape index (κ3) is 2.04. The molecule has 1 aliphatic rings. The lowest BCUT2D eigenvalue weighted by Gasteiger charge is -2.07. The molecule has 0 spiro atoms. The average Bonchev–Trinajstić information content (AvgIpc) is 2.19. The topological polar surface area (TPSA) is 9.23 Å². The summed E-state index contributed by atoms with van der Waals surface area (Å²) in [7, 11) is 0.941. The Bertz CT molecular complexity index is 371. The van der Waals surface area contributed by atoms with Crippen molar-refractivity contribution in [2.24, 2.45) is 0 Å². The summed E-state index contributed by atoms with van der Waals surface area (Å²) in [4.78, 5) is 0. The molecule has 0 unspecified atom stereocenters. The minimum Gasteiger partial charge on any atom is -0.474 e.